The van der Waals surface area contributed by atoms with Crippen LogP contribution in [0.15, 0.2) is 41.9 Å². The van der Waals surface area contributed by atoms with Gasteiger partial charge in [-0.3, -0.25) is 4.99 Å². The number of nitrogens with zero attached hydrogens (tertiary/aromatic N) is 2. The molecule has 2 N–H and O–H groups in total. The zero-order chi connectivity index (χ0) is 19.4. The molecular formula is C19H32N4O2S. The molecule has 1 aromatic rings. The number of guanidine groups is 1. The molecule has 0 unspecified atom stereocenters. The number of aliphatic imine (C=N–C) groups is 1. The van der Waals surface area contributed by atoms with Gasteiger partial charge in [0.1, 0.15) is 0 Å². The van der Waals surface area contributed by atoms with Gasteiger partial charge in [0.05, 0.1) is 5.75 Å². The van der Waals surface area contributed by atoms with E-state index in [1.807, 2.05) is 37.4 Å². The molecule has 0 fully saturated rings. The maximum atomic E-state index is 11.7. The van der Waals surface area contributed by atoms with Crippen LogP contribution in [0.25, 0.3) is 0 Å². The van der Waals surface area contributed by atoms with Gasteiger partial charge in [0.2, 0.25) is 10.0 Å². The highest BCUT2D eigenvalue weighted by atomic mass is 32.2. The van der Waals surface area contributed by atoms with E-state index in [1.54, 1.807) is 7.05 Å². The maximum Gasteiger partial charge on any atom is 0.215 e. The van der Waals surface area contributed by atoms with Crippen LogP contribution >= 0.6 is 0 Å². The van der Waals surface area contributed by atoms with E-state index in [4.69, 9.17) is 0 Å². The van der Waals surface area contributed by atoms with E-state index in [0.717, 1.165) is 36.5 Å². The molecule has 6 nitrogen and oxygen atoms in total. The normalized spacial score (nSPS) is 12.0. The fraction of sp³-hybridized carbons (Fsp3) is 0.526. The van der Waals surface area contributed by atoms with Crippen LogP contribution in [-0.2, 0) is 22.3 Å². The lowest BCUT2D eigenvalue weighted by atomic mass is 10.1. The molecule has 146 valence electrons. The van der Waals surface area contributed by atoms with Gasteiger partial charge in [-0.15, -0.1) is 6.58 Å². The molecule has 0 saturated heterocycles. The van der Waals surface area contributed by atoms with E-state index in [9.17, 15) is 8.42 Å². The van der Waals surface area contributed by atoms with Crippen molar-refractivity contribution in [1.82, 2.24) is 14.9 Å². The van der Waals surface area contributed by atoms with E-state index in [0.29, 0.717) is 6.54 Å². The van der Waals surface area contributed by atoms with Crippen molar-refractivity contribution in [3.8, 4) is 0 Å². The van der Waals surface area contributed by atoms with Crippen LogP contribution in [0.5, 0.6) is 0 Å². The second-order valence-electron chi connectivity index (χ2n) is 6.24. The van der Waals surface area contributed by atoms with Crippen LogP contribution in [0.4, 0.5) is 0 Å². The van der Waals surface area contributed by atoms with Crippen molar-refractivity contribution in [3.63, 3.8) is 0 Å². The van der Waals surface area contributed by atoms with Crippen LogP contribution < -0.4 is 10.0 Å². The fourth-order valence-electron chi connectivity index (χ4n) is 2.61. The summed E-state index contributed by atoms with van der Waals surface area (Å²) in [7, 11) is 1.96. The molecular weight excluding hydrogens is 348 g/mol. The highest BCUT2D eigenvalue weighted by molar-refractivity contribution is 7.88. The van der Waals surface area contributed by atoms with Gasteiger partial charge in [0, 0.05) is 27.2 Å². The highest BCUT2D eigenvalue weighted by Gasteiger charge is 2.09. The molecule has 0 atom stereocenters. The van der Waals surface area contributed by atoms with Crippen molar-refractivity contribution >= 4 is 16.0 Å². The summed E-state index contributed by atoms with van der Waals surface area (Å²) in [5.74, 6) is 0.818. The molecule has 0 spiro atoms. The maximum absolute atomic E-state index is 11.7. The van der Waals surface area contributed by atoms with Crippen LogP contribution in [0, 0.1) is 0 Å². The van der Waals surface area contributed by atoms with Gasteiger partial charge in [-0.05, 0) is 37.4 Å². The average molecular weight is 381 g/mol. The Bertz CT molecular complexity index is 687. The number of hydrogen-bond donors (Lipinski definition) is 2. The van der Waals surface area contributed by atoms with E-state index >= 15 is 0 Å². The number of unbranched alkanes of at least 4 members (excludes halogenated alkanes) is 3. The van der Waals surface area contributed by atoms with Gasteiger partial charge in [0.15, 0.2) is 5.96 Å². The molecule has 0 aliphatic carbocycles. The first-order valence-corrected chi connectivity index (χ1v) is 10.6. The third kappa shape index (κ3) is 8.49. The highest BCUT2D eigenvalue weighted by Crippen LogP contribution is 2.09. The van der Waals surface area contributed by atoms with Gasteiger partial charge in [-0.25, -0.2) is 13.1 Å². The number of benzene rings is 1. The minimum Gasteiger partial charge on any atom is -0.352 e. The Labute approximate surface area is 158 Å². The van der Waals surface area contributed by atoms with Crippen molar-refractivity contribution in [2.45, 2.75) is 38.0 Å². The Hall–Kier alpha value is -1.86. The molecule has 7 heteroatoms. The molecule has 0 bridgehead atoms. The predicted molar refractivity (Wildman–Crippen MR) is 110 cm³/mol. The van der Waals surface area contributed by atoms with Gasteiger partial charge in [-0.1, -0.05) is 36.8 Å². The van der Waals surface area contributed by atoms with E-state index in [-0.39, 0.29) is 5.75 Å². The molecule has 0 saturated carbocycles. The van der Waals surface area contributed by atoms with Crippen molar-refractivity contribution in [2.24, 2.45) is 4.99 Å². The summed E-state index contributed by atoms with van der Waals surface area (Å²) in [6, 6.07) is 7.59. The van der Waals surface area contributed by atoms with E-state index in [1.165, 1.54) is 19.9 Å². The molecule has 0 aliphatic rings. The van der Waals surface area contributed by atoms with Crippen molar-refractivity contribution in [2.75, 3.05) is 27.7 Å². The van der Waals surface area contributed by atoms with Gasteiger partial charge in [0.25, 0.3) is 0 Å². The van der Waals surface area contributed by atoms with Crippen molar-refractivity contribution in [1.29, 1.82) is 0 Å². The summed E-state index contributed by atoms with van der Waals surface area (Å²) >= 11 is 0. The number of sulfonamides is 1. The van der Waals surface area contributed by atoms with Crippen LogP contribution in [0.3, 0.4) is 0 Å². The molecule has 0 heterocycles. The van der Waals surface area contributed by atoms with Gasteiger partial charge < -0.3 is 10.2 Å². The Morgan fingerprint density at radius 1 is 1.27 bits per heavy atom. The summed E-state index contributed by atoms with van der Waals surface area (Å²) < 4.78 is 25.7. The molecule has 0 radical (unpaired) electrons. The molecule has 1 aromatic carbocycles. The van der Waals surface area contributed by atoms with Crippen LogP contribution in [-0.4, -0.2) is 47.0 Å². The average Bonchev–Trinajstić information content (AvgIpc) is 2.62. The number of allylic oxidation sites excluding steroid dienone is 1. The fourth-order valence-corrected chi connectivity index (χ4v) is 3.37. The third-order valence-electron chi connectivity index (χ3n) is 4.08. The molecule has 26 heavy (non-hydrogen) atoms. The largest absolute Gasteiger partial charge is 0.352 e. The monoisotopic (exact) mass is 380 g/mol. The Morgan fingerprint density at radius 2 is 2.00 bits per heavy atom. The minimum absolute atomic E-state index is 0.0172. The summed E-state index contributed by atoms with van der Waals surface area (Å²) in [5.41, 5.74) is 1.79. The Kier molecular flexibility index (Phi) is 9.98. The van der Waals surface area contributed by atoms with Gasteiger partial charge >= 0.3 is 0 Å². The predicted octanol–water partition coefficient (Wildman–Crippen LogP) is 2.49. The molecule has 0 aromatic heterocycles. The van der Waals surface area contributed by atoms with Crippen molar-refractivity contribution < 1.29 is 8.42 Å². The lowest BCUT2D eigenvalue weighted by Crippen LogP contribution is -2.39. The van der Waals surface area contributed by atoms with E-state index in [2.05, 4.69) is 26.5 Å². The standard InChI is InChI=1S/C19H32N4O2S/c1-5-6-7-8-9-13-23(4)19(20-2)22-15-17-11-10-12-18(14-17)16-26(24,25)21-3/h5,10-12,14,21H,1,6-9,13,15-16H2,2-4H3,(H,20,22). The number of rotatable bonds is 11. The molecule has 0 aliphatic heterocycles. The lowest BCUT2D eigenvalue weighted by molar-refractivity contribution is 0.455. The Morgan fingerprint density at radius 3 is 2.65 bits per heavy atom. The lowest BCUT2D eigenvalue weighted by Gasteiger charge is -2.22. The van der Waals surface area contributed by atoms with Crippen LogP contribution in [0.2, 0.25) is 0 Å². The topological polar surface area (TPSA) is 73.8 Å². The zero-order valence-electron chi connectivity index (χ0n) is 16.2. The second-order valence-corrected chi connectivity index (χ2v) is 8.17. The first-order chi connectivity index (χ1) is 12.4. The summed E-state index contributed by atoms with van der Waals surface area (Å²) in [5, 5.41) is 3.34. The zero-order valence-corrected chi connectivity index (χ0v) is 17.0. The number of nitrogens with one attached hydrogen (secondary N) is 2. The first-order valence-electron chi connectivity index (χ1n) is 8.93. The summed E-state index contributed by atoms with van der Waals surface area (Å²) in [6.45, 7) is 5.28. The number of hydrogen-bond acceptors (Lipinski definition) is 3. The summed E-state index contributed by atoms with van der Waals surface area (Å²) in [6.07, 6.45) is 6.49. The third-order valence-corrected chi connectivity index (χ3v) is 5.42. The first kappa shape index (κ1) is 22.2. The summed E-state index contributed by atoms with van der Waals surface area (Å²) in [4.78, 5) is 6.44. The van der Waals surface area contributed by atoms with Crippen LogP contribution in [0.1, 0.15) is 36.8 Å². The molecule has 0 amide bonds. The van der Waals surface area contributed by atoms with E-state index < -0.39 is 10.0 Å². The quantitative estimate of drug-likeness (QED) is 0.268. The Balaban J connectivity index is 2.54. The molecule has 1 rings (SSSR count). The minimum atomic E-state index is -3.26. The smallest absolute Gasteiger partial charge is 0.215 e. The van der Waals surface area contributed by atoms with Crippen molar-refractivity contribution in [3.05, 3.63) is 48.0 Å². The van der Waals surface area contributed by atoms with Gasteiger partial charge in [-0.2, -0.15) is 0 Å². The second kappa shape index (κ2) is 11.7. The SMILES string of the molecule is C=CCCCCCN(C)C(=NC)NCc1cccc(CS(=O)(=O)NC)c1.